The number of esters is 1. The number of aromatic nitrogens is 1. The molecule has 6 heteroatoms. The van der Waals surface area contributed by atoms with Gasteiger partial charge >= 0.3 is 5.97 Å². The summed E-state index contributed by atoms with van der Waals surface area (Å²) in [6.07, 6.45) is 2.96. The standard InChI is InChI=1S/C11H14N4O2/c1-4-17-11(16)10-9(14-7-15(2)3)8(5-12)6-13-10/h6-7,13H,4H2,1-3H3. The van der Waals surface area contributed by atoms with Gasteiger partial charge in [0.05, 0.1) is 18.5 Å². The molecule has 1 aromatic rings. The molecule has 6 nitrogen and oxygen atoms in total. The molecule has 0 aliphatic carbocycles. The van der Waals surface area contributed by atoms with Crippen molar-refractivity contribution in [3.05, 3.63) is 17.5 Å². The van der Waals surface area contributed by atoms with Crippen molar-refractivity contribution in [2.24, 2.45) is 4.99 Å². The van der Waals surface area contributed by atoms with E-state index in [4.69, 9.17) is 10.00 Å². The minimum atomic E-state index is -0.514. The van der Waals surface area contributed by atoms with E-state index in [2.05, 4.69) is 9.98 Å². The summed E-state index contributed by atoms with van der Waals surface area (Å²) < 4.78 is 4.87. The number of H-pyrrole nitrogens is 1. The van der Waals surface area contributed by atoms with Gasteiger partial charge in [0.25, 0.3) is 0 Å². The van der Waals surface area contributed by atoms with Crippen LogP contribution in [0.15, 0.2) is 11.2 Å². The van der Waals surface area contributed by atoms with Crippen molar-refractivity contribution in [1.82, 2.24) is 9.88 Å². The first-order chi connectivity index (χ1) is 8.10. The maximum absolute atomic E-state index is 11.6. The van der Waals surface area contributed by atoms with Gasteiger partial charge < -0.3 is 14.6 Å². The molecule has 0 radical (unpaired) electrons. The fourth-order valence-electron chi connectivity index (χ4n) is 1.17. The maximum atomic E-state index is 11.6. The number of nitriles is 1. The number of nitrogens with zero attached hydrogens (tertiary/aromatic N) is 3. The number of rotatable bonds is 4. The molecule has 0 aliphatic rings. The van der Waals surface area contributed by atoms with Crippen LogP contribution in [0.3, 0.4) is 0 Å². The van der Waals surface area contributed by atoms with E-state index in [0.717, 1.165) is 0 Å². The highest BCUT2D eigenvalue weighted by molar-refractivity contribution is 5.95. The van der Waals surface area contributed by atoms with Gasteiger partial charge in [0, 0.05) is 20.3 Å². The number of aliphatic imine (C=N–C) groups is 1. The molecule has 0 unspecified atom stereocenters. The Morgan fingerprint density at radius 3 is 2.94 bits per heavy atom. The molecule has 1 heterocycles. The van der Waals surface area contributed by atoms with Gasteiger partial charge in [0.15, 0.2) is 5.69 Å². The largest absolute Gasteiger partial charge is 0.461 e. The van der Waals surface area contributed by atoms with Crippen LogP contribution in [0, 0.1) is 11.3 Å². The Morgan fingerprint density at radius 2 is 2.41 bits per heavy atom. The maximum Gasteiger partial charge on any atom is 0.357 e. The van der Waals surface area contributed by atoms with E-state index >= 15 is 0 Å². The van der Waals surface area contributed by atoms with Crippen LogP contribution in [0.25, 0.3) is 0 Å². The first-order valence-corrected chi connectivity index (χ1v) is 5.09. The molecule has 0 bridgehead atoms. The van der Waals surface area contributed by atoms with E-state index in [1.54, 1.807) is 25.9 Å². The van der Waals surface area contributed by atoms with Gasteiger partial charge in [-0.1, -0.05) is 0 Å². The average molecular weight is 234 g/mol. The summed E-state index contributed by atoms with van der Waals surface area (Å²) in [7, 11) is 3.60. The third-order valence-electron chi connectivity index (χ3n) is 1.87. The van der Waals surface area contributed by atoms with Crippen molar-refractivity contribution in [2.75, 3.05) is 20.7 Å². The van der Waals surface area contributed by atoms with Crippen LogP contribution in [0.1, 0.15) is 23.0 Å². The van der Waals surface area contributed by atoms with Crippen LogP contribution in [-0.4, -0.2) is 42.9 Å². The van der Waals surface area contributed by atoms with Gasteiger partial charge in [-0.05, 0) is 6.92 Å². The van der Waals surface area contributed by atoms with E-state index in [9.17, 15) is 4.79 Å². The number of carbonyl (C=O) groups excluding carboxylic acids is 1. The van der Waals surface area contributed by atoms with E-state index in [1.807, 2.05) is 6.07 Å². The van der Waals surface area contributed by atoms with Gasteiger partial charge in [-0.2, -0.15) is 5.26 Å². The number of hydrogen-bond acceptors (Lipinski definition) is 4. The van der Waals surface area contributed by atoms with Crippen molar-refractivity contribution in [3.8, 4) is 6.07 Å². The molecule has 0 saturated carbocycles. The quantitative estimate of drug-likeness (QED) is 0.483. The van der Waals surface area contributed by atoms with Crippen molar-refractivity contribution < 1.29 is 9.53 Å². The van der Waals surface area contributed by atoms with Crippen molar-refractivity contribution in [1.29, 1.82) is 5.26 Å². The summed E-state index contributed by atoms with van der Waals surface area (Å²) in [5, 5.41) is 8.90. The van der Waals surface area contributed by atoms with Crippen molar-refractivity contribution in [2.45, 2.75) is 6.92 Å². The van der Waals surface area contributed by atoms with E-state index in [1.165, 1.54) is 12.5 Å². The molecule has 1 aromatic heterocycles. The second-order valence-electron chi connectivity index (χ2n) is 3.47. The van der Waals surface area contributed by atoms with E-state index in [0.29, 0.717) is 11.3 Å². The molecule has 0 atom stereocenters. The minimum absolute atomic E-state index is 0.196. The lowest BCUT2D eigenvalue weighted by Crippen LogP contribution is -2.08. The fourth-order valence-corrected chi connectivity index (χ4v) is 1.17. The monoisotopic (exact) mass is 234 g/mol. The molecular formula is C11H14N4O2. The smallest absolute Gasteiger partial charge is 0.357 e. The summed E-state index contributed by atoms with van der Waals surface area (Å²) in [6, 6.07) is 1.97. The summed E-state index contributed by atoms with van der Waals surface area (Å²) in [6.45, 7) is 1.99. The molecule has 1 N–H and O–H groups in total. The Labute approximate surface area is 99.5 Å². The van der Waals surface area contributed by atoms with Gasteiger partial charge in [0.1, 0.15) is 11.8 Å². The van der Waals surface area contributed by atoms with Crippen LogP contribution in [0.2, 0.25) is 0 Å². The van der Waals surface area contributed by atoms with Crippen molar-refractivity contribution >= 4 is 18.0 Å². The highest BCUT2D eigenvalue weighted by atomic mass is 16.5. The summed E-state index contributed by atoms with van der Waals surface area (Å²) in [5.41, 5.74) is 0.812. The van der Waals surface area contributed by atoms with Gasteiger partial charge in [-0.3, -0.25) is 0 Å². The topological polar surface area (TPSA) is 81.5 Å². The first kappa shape index (κ1) is 12.8. The Hall–Kier alpha value is -2.29. The molecule has 90 valence electrons. The van der Waals surface area contributed by atoms with Crippen LogP contribution < -0.4 is 0 Å². The van der Waals surface area contributed by atoms with Crippen LogP contribution >= 0.6 is 0 Å². The fraction of sp³-hybridized carbons (Fsp3) is 0.364. The normalized spacial score (nSPS) is 10.2. The van der Waals surface area contributed by atoms with E-state index < -0.39 is 5.97 Å². The Bertz CT molecular complexity index is 468. The number of nitrogens with one attached hydrogen (secondary N) is 1. The van der Waals surface area contributed by atoms with Gasteiger partial charge in [0.2, 0.25) is 0 Å². The number of hydrogen-bond donors (Lipinski definition) is 1. The third-order valence-corrected chi connectivity index (χ3v) is 1.87. The molecule has 0 aliphatic heterocycles. The van der Waals surface area contributed by atoms with Gasteiger partial charge in [-0.25, -0.2) is 9.79 Å². The zero-order valence-electron chi connectivity index (χ0n) is 10.0. The highest BCUT2D eigenvalue weighted by Crippen LogP contribution is 2.23. The lowest BCUT2D eigenvalue weighted by atomic mass is 10.2. The van der Waals surface area contributed by atoms with E-state index in [-0.39, 0.29) is 12.3 Å². The summed E-state index contributed by atoms with van der Waals surface area (Å²) in [5.74, 6) is -0.514. The third kappa shape index (κ3) is 3.08. The summed E-state index contributed by atoms with van der Waals surface area (Å²) >= 11 is 0. The number of ether oxygens (including phenoxy) is 1. The number of aromatic amines is 1. The first-order valence-electron chi connectivity index (χ1n) is 5.09. The highest BCUT2D eigenvalue weighted by Gasteiger charge is 2.17. The molecule has 0 amide bonds. The molecular weight excluding hydrogens is 220 g/mol. The SMILES string of the molecule is CCOC(=O)c1[nH]cc(C#N)c1N=CN(C)C. The Kier molecular flexibility index (Phi) is 4.29. The minimum Gasteiger partial charge on any atom is -0.461 e. The second-order valence-corrected chi connectivity index (χ2v) is 3.47. The zero-order chi connectivity index (χ0) is 12.8. The second kappa shape index (κ2) is 5.70. The lowest BCUT2D eigenvalue weighted by Gasteiger charge is -2.03. The van der Waals surface area contributed by atoms with Crippen molar-refractivity contribution in [3.63, 3.8) is 0 Å². The average Bonchev–Trinajstić information content (AvgIpc) is 2.69. The Balaban J connectivity index is 3.11. The molecule has 0 saturated heterocycles. The van der Waals surface area contributed by atoms with Crippen LogP contribution in [0.4, 0.5) is 5.69 Å². The van der Waals surface area contributed by atoms with Crippen LogP contribution in [0.5, 0.6) is 0 Å². The summed E-state index contributed by atoms with van der Waals surface area (Å²) in [4.78, 5) is 20.1. The molecule has 0 spiro atoms. The molecule has 0 aromatic carbocycles. The lowest BCUT2D eigenvalue weighted by molar-refractivity contribution is 0.0521. The van der Waals surface area contributed by atoms with Crippen LogP contribution in [-0.2, 0) is 4.74 Å². The predicted molar refractivity (Wildman–Crippen MR) is 63.3 cm³/mol. The Morgan fingerprint density at radius 1 is 1.71 bits per heavy atom. The molecule has 0 fully saturated rings. The molecule has 1 rings (SSSR count). The number of carbonyl (C=O) groups is 1. The predicted octanol–water partition coefficient (Wildman–Crippen LogP) is 1.28. The zero-order valence-corrected chi connectivity index (χ0v) is 10.0. The van der Waals surface area contributed by atoms with Gasteiger partial charge in [-0.15, -0.1) is 0 Å². The molecule has 17 heavy (non-hydrogen) atoms.